The van der Waals surface area contributed by atoms with E-state index in [1.165, 1.54) is 0 Å². The lowest BCUT2D eigenvalue weighted by atomic mass is 10.4. The fraction of sp³-hybridized carbons (Fsp3) is 0.556. The van der Waals surface area contributed by atoms with E-state index in [1.54, 1.807) is 14.0 Å². The van der Waals surface area contributed by atoms with Crippen LogP contribution in [0, 0.1) is 11.3 Å². The minimum Gasteiger partial charge on any atom is -0.450 e. The van der Waals surface area contributed by atoms with Crippen LogP contribution in [0.25, 0.3) is 0 Å². The SMILES string of the molecule is CCN/C(NC)=C(/C#N)NC(=O)OCC. The Labute approximate surface area is 89.3 Å². The summed E-state index contributed by atoms with van der Waals surface area (Å²) < 4.78 is 4.66. The first-order valence-corrected chi connectivity index (χ1v) is 4.69. The molecule has 0 radical (unpaired) electrons. The van der Waals surface area contributed by atoms with E-state index in [0.717, 1.165) is 0 Å². The summed E-state index contributed by atoms with van der Waals surface area (Å²) in [5.41, 5.74) is 0.109. The van der Waals surface area contributed by atoms with E-state index in [-0.39, 0.29) is 12.3 Å². The van der Waals surface area contributed by atoms with Gasteiger partial charge in [0.2, 0.25) is 0 Å². The average Bonchev–Trinajstić information content (AvgIpc) is 2.23. The van der Waals surface area contributed by atoms with Gasteiger partial charge in [0.1, 0.15) is 11.9 Å². The number of nitrogens with zero attached hydrogens (tertiary/aromatic N) is 1. The van der Waals surface area contributed by atoms with Crippen molar-refractivity contribution in [2.24, 2.45) is 0 Å². The zero-order valence-electron chi connectivity index (χ0n) is 9.18. The van der Waals surface area contributed by atoms with Crippen LogP contribution in [0.3, 0.4) is 0 Å². The molecule has 0 fully saturated rings. The average molecular weight is 212 g/mol. The molecule has 0 rings (SSSR count). The third-order valence-electron chi connectivity index (χ3n) is 1.47. The van der Waals surface area contributed by atoms with Gasteiger partial charge in [0, 0.05) is 13.6 Å². The molecule has 0 heterocycles. The molecule has 0 saturated carbocycles. The van der Waals surface area contributed by atoms with E-state index < -0.39 is 6.09 Å². The Morgan fingerprint density at radius 3 is 2.53 bits per heavy atom. The monoisotopic (exact) mass is 212 g/mol. The minimum atomic E-state index is -0.639. The van der Waals surface area contributed by atoms with Gasteiger partial charge < -0.3 is 15.4 Å². The molecule has 0 aromatic rings. The maximum atomic E-state index is 11.1. The van der Waals surface area contributed by atoms with Gasteiger partial charge in [0.15, 0.2) is 5.70 Å². The summed E-state index contributed by atoms with van der Waals surface area (Å²) in [5.74, 6) is 0.466. The summed E-state index contributed by atoms with van der Waals surface area (Å²) in [4.78, 5) is 11.1. The summed E-state index contributed by atoms with van der Waals surface area (Å²) >= 11 is 0. The molecule has 0 saturated heterocycles. The molecule has 0 atom stereocenters. The second-order valence-corrected chi connectivity index (χ2v) is 2.49. The number of carbonyl (C=O) groups is 1. The second-order valence-electron chi connectivity index (χ2n) is 2.49. The standard InChI is InChI=1S/C9H16N4O2/c1-4-12-8(11-3)7(6-10)13-9(14)15-5-2/h11-12H,4-5H2,1-3H3,(H,13,14)/b8-7-. The van der Waals surface area contributed by atoms with Crippen molar-refractivity contribution in [2.75, 3.05) is 20.2 Å². The molecule has 0 spiro atoms. The first-order chi connectivity index (χ1) is 7.19. The second kappa shape index (κ2) is 7.50. The topological polar surface area (TPSA) is 86.2 Å². The summed E-state index contributed by atoms with van der Waals surface area (Å²) in [6, 6.07) is 1.87. The number of nitriles is 1. The van der Waals surface area contributed by atoms with Gasteiger partial charge in [-0.15, -0.1) is 0 Å². The molecule has 0 aliphatic carbocycles. The minimum absolute atomic E-state index is 0.109. The third kappa shape index (κ3) is 4.76. The van der Waals surface area contributed by atoms with E-state index in [1.807, 2.05) is 13.0 Å². The van der Waals surface area contributed by atoms with Gasteiger partial charge in [0.25, 0.3) is 0 Å². The molecule has 0 bridgehead atoms. The molecule has 3 N–H and O–H groups in total. The van der Waals surface area contributed by atoms with Crippen molar-refractivity contribution in [1.29, 1.82) is 5.26 Å². The van der Waals surface area contributed by atoms with Crippen LogP contribution >= 0.6 is 0 Å². The largest absolute Gasteiger partial charge is 0.450 e. The van der Waals surface area contributed by atoms with Crippen molar-refractivity contribution in [1.82, 2.24) is 16.0 Å². The molecule has 0 aromatic heterocycles. The normalized spacial score (nSPS) is 10.8. The van der Waals surface area contributed by atoms with Crippen molar-refractivity contribution >= 4 is 6.09 Å². The van der Waals surface area contributed by atoms with Gasteiger partial charge in [-0.3, -0.25) is 5.32 Å². The quantitative estimate of drug-likeness (QED) is 0.569. The molecule has 0 aromatic carbocycles. The number of allylic oxidation sites excluding steroid dienone is 1. The van der Waals surface area contributed by atoms with E-state index >= 15 is 0 Å². The van der Waals surface area contributed by atoms with E-state index in [0.29, 0.717) is 12.4 Å². The number of hydrogen-bond donors (Lipinski definition) is 3. The highest BCUT2D eigenvalue weighted by molar-refractivity contribution is 5.70. The molecule has 6 heteroatoms. The van der Waals surface area contributed by atoms with Gasteiger partial charge >= 0.3 is 6.09 Å². The first kappa shape index (κ1) is 13.1. The Bertz CT molecular complexity index is 280. The van der Waals surface area contributed by atoms with E-state index in [2.05, 4.69) is 20.7 Å². The van der Waals surface area contributed by atoms with Crippen molar-refractivity contribution in [3.63, 3.8) is 0 Å². The summed E-state index contributed by atoms with van der Waals surface area (Å²) in [5, 5.41) is 16.8. The fourth-order valence-corrected chi connectivity index (χ4v) is 0.894. The predicted octanol–water partition coefficient (Wildman–Crippen LogP) is 0.254. The molecule has 84 valence electrons. The van der Waals surface area contributed by atoms with Gasteiger partial charge in [0.05, 0.1) is 6.61 Å². The number of alkyl carbamates (subject to hydrolysis) is 1. The molecule has 0 unspecified atom stereocenters. The van der Waals surface area contributed by atoms with Gasteiger partial charge in [-0.05, 0) is 13.8 Å². The third-order valence-corrected chi connectivity index (χ3v) is 1.47. The molecule has 15 heavy (non-hydrogen) atoms. The van der Waals surface area contributed by atoms with Crippen LogP contribution in [-0.2, 0) is 4.74 Å². The lowest BCUT2D eigenvalue weighted by molar-refractivity contribution is 0.155. The lowest BCUT2D eigenvalue weighted by Gasteiger charge is -2.11. The van der Waals surface area contributed by atoms with Gasteiger partial charge in [-0.1, -0.05) is 0 Å². The summed E-state index contributed by atoms with van der Waals surface area (Å²) in [6.45, 7) is 4.49. The first-order valence-electron chi connectivity index (χ1n) is 4.69. The molecular weight excluding hydrogens is 196 g/mol. The smallest absolute Gasteiger partial charge is 0.412 e. The molecule has 1 amide bonds. The van der Waals surface area contributed by atoms with Crippen LogP contribution in [0.15, 0.2) is 11.5 Å². The van der Waals surface area contributed by atoms with E-state index in [9.17, 15) is 4.79 Å². The van der Waals surface area contributed by atoms with E-state index in [4.69, 9.17) is 5.26 Å². The molecule has 0 aliphatic rings. The van der Waals surface area contributed by atoms with Crippen LogP contribution in [0.1, 0.15) is 13.8 Å². The number of hydrogen-bond acceptors (Lipinski definition) is 5. The van der Waals surface area contributed by atoms with Crippen molar-refractivity contribution < 1.29 is 9.53 Å². The van der Waals surface area contributed by atoms with Crippen LogP contribution in [-0.4, -0.2) is 26.3 Å². The zero-order valence-corrected chi connectivity index (χ0v) is 9.18. The van der Waals surface area contributed by atoms with Crippen LogP contribution in [0.5, 0.6) is 0 Å². The molecular formula is C9H16N4O2. The molecule has 6 nitrogen and oxygen atoms in total. The van der Waals surface area contributed by atoms with Crippen molar-refractivity contribution in [2.45, 2.75) is 13.8 Å². The highest BCUT2D eigenvalue weighted by atomic mass is 16.5. The number of rotatable bonds is 5. The zero-order chi connectivity index (χ0) is 11.7. The Morgan fingerprint density at radius 1 is 1.47 bits per heavy atom. The highest BCUT2D eigenvalue weighted by Crippen LogP contribution is 1.93. The maximum absolute atomic E-state index is 11.1. The number of carbonyl (C=O) groups excluding carboxylic acids is 1. The van der Waals surface area contributed by atoms with Crippen LogP contribution in [0.2, 0.25) is 0 Å². The molecule has 0 aliphatic heterocycles. The highest BCUT2D eigenvalue weighted by Gasteiger charge is 2.08. The summed E-state index contributed by atoms with van der Waals surface area (Å²) in [6.07, 6.45) is -0.639. The number of nitrogens with one attached hydrogen (secondary N) is 3. The Morgan fingerprint density at radius 2 is 2.13 bits per heavy atom. The number of amides is 1. The Balaban J connectivity index is 4.58. The van der Waals surface area contributed by atoms with Crippen molar-refractivity contribution in [3.05, 3.63) is 11.5 Å². The Hall–Kier alpha value is -1.90. The van der Waals surface area contributed by atoms with Crippen LogP contribution in [0.4, 0.5) is 4.79 Å². The lowest BCUT2D eigenvalue weighted by Crippen LogP contribution is -2.32. The number of ether oxygens (including phenoxy) is 1. The maximum Gasteiger partial charge on any atom is 0.412 e. The summed E-state index contributed by atoms with van der Waals surface area (Å²) in [7, 11) is 1.65. The van der Waals surface area contributed by atoms with Gasteiger partial charge in [-0.25, -0.2) is 4.79 Å². The Kier molecular flexibility index (Phi) is 6.55. The fourth-order valence-electron chi connectivity index (χ4n) is 0.894. The van der Waals surface area contributed by atoms with Crippen LogP contribution < -0.4 is 16.0 Å². The predicted molar refractivity (Wildman–Crippen MR) is 55.5 cm³/mol. The van der Waals surface area contributed by atoms with Gasteiger partial charge in [-0.2, -0.15) is 5.26 Å². The van der Waals surface area contributed by atoms with Crippen molar-refractivity contribution in [3.8, 4) is 6.07 Å².